The van der Waals surface area contributed by atoms with Gasteiger partial charge in [0.15, 0.2) is 0 Å². The molecule has 82 valence electrons. The molecular formula is C12H16BrNO. The van der Waals surface area contributed by atoms with Gasteiger partial charge in [-0.05, 0) is 49.5 Å². The third kappa shape index (κ3) is 2.80. The van der Waals surface area contributed by atoms with Gasteiger partial charge in [-0.2, -0.15) is 0 Å². The highest BCUT2D eigenvalue weighted by atomic mass is 79.9. The summed E-state index contributed by atoms with van der Waals surface area (Å²) in [6, 6.07) is 7.97. The summed E-state index contributed by atoms with van der Waals surface area (Å²) < 4.78 is 1.06. The minimum Gasteiger partial charge on any atom is -0.388 e. The van der Waals surface area contributed by atoms with Crippen molar-refractivity contribution in [3.8, 4) is 0 Å². The zero-order valence-corrected chi connectivity index (χ0v) is 10.2. The van der Waals surface area contributed by atoms with E-state index in [1.54, 1.807) is 0 Å². The maximum atomic E-state index is 10.2. The number of piperidine rings is 1. The van der Waals surface area contributed by atoms with Crippen molar-refractivity contribution in [2.24, 2.45) is 5.92 Å². The topological polar surface area (TPSA) is 32.3 Å². The molecule has 1 fully saturated rings. The minimum absolute atomic E-state index is 0.305. The zero-order chi connectivity index (χ0) is 10.7. The number of halogens is 1. The second kappa shape index (κ2) is 5.10. The predicted octanol–water partition coefficient (Wildman–Crippen LogP) is 2.48. The Morgan fingerprint density at radius 3 is 2.40 bits per heavy atom. The first-order chi connectivity index (χ1) is 7.27. The van der Waals surface area contributed by atoms with Crippen molar-refractivity contribution in [2.75, 3.05) is 13.1 Å². The van der Waals surface area contributed by atoms with Gasteiger partial charge < -0.3 is 10.4 Å². The molecule has 0 saturated carbocycles. The molecule has 15 heavy (non-hydrogen) atoms. The quantitative estimate of drug-likeness (QED) is 0.865. The fourth-order valence-electron chi connectivity index (χ4n) is 2.09. The van der Waals surface area contributed by atoms with E-state index in [4.69, 9.17) is 0 Å². The zero-order valence-electron chi connectivity index (χ0n) is 8.62. The van der Waals surface area contributed by atoms with Crippen molar-refractivity contribution in [1.82, 2.24) is 5.32 Å². The van der Waals surface area contributed by atoms with E-state index in [1.807, 2.05) is 24.3 Å². The van der Waals surface area contributed by atoms with E-state index in [-0.39, 0.29) is 6.10 Å². The first kappa shape index (κ1) is 11.1. The third-order valence-electron chi connectivity index (χ3n) is 3.04. The maximum Gasteiger partial charge on any atom is 0.0819 e. The van der Waals surface area contributed by atoms with Crippen LogP contribution in [0.15, 0.2) is 28.7 Å². The molecule has 3 heteroatoms. The molecule has 1 saturated heterocycles. The maximum absolute atomic E-state index is 10.2. The van der Waals surface area contributed by atoms with Crippen molar-refractivity contribution >= 4 is 15.9 Å². The number of hydrogen-bond acceptors (Lipinski definition) is 2. The third-order valence-corrected chi connectivity index (χ3v) is 3.57. The van der Waals surface area contributed by atoms with Gasteiger partial charge in [0.25, 0.3) is 0 Å². The summed E-state index contributed by atoms with van der Waals surface area (Å²) in [5, 5.41) is 13.5. The van der Waals surface area contributed by atoms with Crippen LogP contribution in [-0.2, 0) is 0 Å². The lowest BCUT2D eigenvalue weighted by molar-refractivity contribution is 0.0889. The minimum atomic E-state index is -0.305. The summed E-state index contributed by atoms with van der Waals surface area (Å²) in [6.45, 7) is 2.05. The molecule has 1 aliphatic rings. The Kier molecular flexibility index (Phi) is 3.78. The molecule has 0 aromatic heterocycles. The van der Waals surface area contributed by atoms with E-state index in [2.05, 4.69) is 21.2 Å². The molecule has 1 aromatic rings. The molecule has 0 unspecified atom stereocenters. The van der Waals surface area contributed by atoms with Crippen LogP contribution in [0.5, 0.6) is 0 Å². The lowest BCUT2D eigenvalue weighted by Crippen LogP contribution is -2.30. The van der Waals surface area contributed by atoms with Gasteiger partial charge in [-0.15, -0.1) is 0 Å². The Bertz CT molecular complexity index is 306. The smallest absolute Gasteiger partial charge is 0.0819 e. The highest BCUT2D eigenvalue weighted by Crippen LogP contribution is 2.29. The second-order valence-electron chi connectivity index (χ2n) is 4.08. The molecular weight excluding hydrogens is 254 g/mol. The summed E-state index contributed by atoms with van der Waals surface area (Å²) in [4.78, 5) is 0. The van der Waals surface area contributed by atoms with E-state index < -0.39 is 0 Å². The molecule has 1 heterocycles. The Hall–Kier alpha value is -0.380. The van der Waals surface area contributed by atoms with Gasteiger partial charge >= 0.3 is 0 Å². The Labute approximate surface area is 98.8 Å². The van der Waals surface area contributed by atoms with Crippen molar-refractivity contribution in [1.29, 1.82) is 0 Å². The van der Waals surface area contributed by atoms with Gasteiger partial charge in [0.2, 0.25) is 0 Å². The van der Waals surface area contributed by atoms with Crippen LogP contribution >= 0.6 is 15.9 Å². The number of benzene rings is 1. The monoisotopic (exact) mass is 269 g/mol. The van der Waals surface area contributed by atoms with E-state index in [9.17, 15) is 5.11 Å². The van der Waals surface area contributed by atoms with Crippen LogP contribution < -0.4 is 5.32 Å². The number of aliphatic hydroxyl groups excluding tert-OH is 1. The van der Waals surface area contributed by atoms with Crippen LogP contribution in [0.4, 0.5) is 0 Å². The number of hydrogen-bond donors (Lipinski definition) is 2. The lowest BCUT2D eigenvalue weighted by Gasteiger charge is -2.27. The standard InChI is InChI=1S/C12H16BrNO/c13-11-3-1-9(2-4-11)12(15)10-5-7-14-8-6-10/h1-4,10,12,14-15H,5-8H2/t12-/m0/s1. The van der Waals surface area contributed by atoms with Crippen LogP contribution in [0.3, 0.4) is 0 Å². The molecule has 2 nitrogen and oxygen atoms in total. The fraction of sp³-hybridized carbons (Fsp3) is 0.500. The van der Waals surface area contributed by atoms with Gasteiger partial charge in [-0.3, -0.25) is 0 Å². The van der Waals surface area contributed by atoms with Crippen molar-refractivity contribution < 1.29 is 5.11 Å². The van der Waals surface area contributed by atoms with Gasteiger partial charge in [0, 0.05) is 4.47 Å². The SMILES string of the molecule is O[C@@H](c1ccc(Br)cc1)C1CCNCC1. The van der Waals surface area contributed by atoms with Gasteiger partial charge in [-0.1, -0.05) is 28.1 Å². The Balaban J connectivity index is 2.05. The van der Waals surface area contributed by atoms with Crippen LogP contribution in [0, 0.1) is 5.92 Å². The number of nitrogens with one attached hydrogen (secondary N) is 1. The van der Waals surface area contributed by atoms with Crippen molar-refractivity contribution in [3.63, 3.8) is 0 Å². The Morgan fingerprint density at radius 2 is 1.80 bits per heavy atom. The highest BCUT2D eigenvalue weighted by molar-refractivity contribution is 9.10. The first-order valence-corrected chi connectivity index (χ1v) is 6.21. The van der Waals surface area contributed by atoms with Crippen LogP contribution in [0.2, 0.25) is 0 Å². The first-order valence-electron chi connectivity index (χ1n) is 5.41. The summed E-state index contributed by atoms with van der Waals surface area (Å²) in [6.07, 6.45) is 1.83. The van der Waals surface area contributed by atoms with Crippen molar-refractivity contribution in [3.05, 3.63) is 34.3 Å². The number of rotatable bonds is 2. The molecule has 1 aromatic carbocycles. The highest BCUT2D eigenvalue weighted by Gasteiger charge is 2.22. The average molecular weight is 270 g/mol. The van der Waals surface area contributed by atoms with Gasteiger partial charge in [0.1, 0.15) is 0 Å². The van der Waals surface area contributed by atoms with Gasteiger partial charge in [0.05, 0.1) is 6.10 Å². The molecule has 1 aliphatic heterocycles. The molecule has 0 aliphatic carbocycles. The number of aliphatic hydroxyl groups is 1. The largest absolute Gasteiger partial charge is 0.388 e. The van der Waals surface area contributed by atoms with Crippen LogP contribution in [0.1, 0.15) is 24.5 Å². The van der Waals surface area contributed by atoms with E-state index in [1.165, 1.54) is 0 Å². The molecule has 0 bridgehead atoms. The lowest BCUT2D eigenvalue weighted by atomic mass is 9.88. The summed E-state index contributed by atoms with van der Waals surface area (Å²) in [5.41, 5.74) is 1.03. The summed E-state index contributed by atoms with van der Waals surface area (Å²) >= 11 is 3.40. The summed E-state index contributed by atoms with van der Waals surface area (Å²) in [7, 11) is 0. The molecule has 2 N–H and O–H groups in total. The normalized spacial score (nSPS) is 20.1. The molecule has 1 atom stereocenters. The predicted molar refractivity (Wildman–Crippen MR) is 64.7 cm³/mol. The second-order valence-corrected chi connectivity index (χ2v) is 5.00. The van der Waals surface area contributed by atoms with E-state index in [0.29, 0.717) is 5.92 Å². The molecule has 0 radical (unpaired) electrons. The van der Waals surface area contributed by atoms with Crippen molar-refractivity contribution in [2.45, 2.75) is 18.9 Å². The average Bonchev–Trinajstić information content (AvgIpc) is 2.30. The fourth-order valence-corrected chi connectivity index (χ4v) is 2.36. The van der Waals surface area contributed by atoms with E-state index >= 15 is 0 Å². The Morgan fingerprint density at radius 1 is 1.20 bits per heavy atom. The van der Waals surface area contributed by atoms with Gasteiger partial charge in [-0.25, -0.2) is 0 Å². The molecule has 2 rings (SSSR count). The molecule has 0 spiro atoms. The van der Waals surface area contributed by atoms with Crippen LogP contribution in [0.25, 0.3) is 0 Å². The summed E-state index contributed by atoms with van der Waals surface area (Å²) in [5.74, 6) is 0.410. The van der Waals surface area contributed by atoms with Crippen LogP contribution in [-0.4, -0.2) is 18.2 Å². The molecule has 0 amide bonds. The van der Waals surface area contributed by atoms with E-state index in [0.717, 1.165) is 36.0 Å².